The van der Waals surface area contributed by atoms with Crippen molar-refractivity contribution in [1.29, 1.82) is 0 Å². The van der Waals surface area contributed by atoms with Gasteiger partial charge in [0.05, 0.1) is 0 Å². The molecule has 0 amide bonds. The zero-order valence-electron chi connectivity index (χ0n) is 12.8. The summed E-state index contributed by atoms with van der Waals surface area (Å²) in [4.78, 5) is 14.6. The number of hydrogen-bond donors (Lipinski definition) is 0. The van der Waals surface area contributed by atoms with E-state index in [-0.39, 0.29) is 0 Å². The minimum Gasteiger partial charge on any atom is -0.344 e. The maximum absolute atomic E-state index is 12.0. The van der Waals surface area contributed by atoms with E-state index in [1.54, 1.807) is 0 Å². The van der Waals surface area contributed by atoms with E-state index in [0.29, 0.717) is 11.8 Å². The van der Waals surface area contributed by atoms with Crippen LogP contribution >= 0.6 is 0 Å². The van der Waals surface area contributed by atoms with Gasteiger partial charge in [-0.2, -0.15) is 0 Å². The average molecular weight is 274 g/mol. The van der Waals surface area contributed by atoms with Crippen molar-refractivity contribution in [3.05, 3.63) is 23.0 Å². The Hall–Kier alpha value is -1.09. The van der Waals surface area contributed by atoms with E-state index < -0.39 is 0 Å². The fraction of sp³-hybridized carbons (Fsp3) is 0.706. The fourth-order valence-corrected chi connectivity index (χ4v) is 3.96. The van der Waals surface area contributed by atoms with Crippen molar-refractivity contribution in [3.8, 4) is 0 Å². The van der Waals surface area contributed by atoms with Crippen LogP contribution in [-0.4, -0.2) is 34.9 Å². The van der Waals surface area contributed by atoms with Crippen molar-refractivity contribution in [1.82, 2.24) is 9.47 Å². The van der Waals surface area contributed by atoms with Crippen molar-refractivity contribution < 1.29 is 4.79 Å². The quantitative estimate of drug-likeness (QED) is 0.844. The van der Waals surface area contributed by atoms with E-state index >= 15 is 0 Å². The van der Waals surface area contributed by atoms with Crippen molar-refractivity contribution in [3.63, 3.8) is 0 Å². The second-order valence-electron chi connectivity index (χ2n) is 6.50. The maximum Gasteiger partial charge on any atom is 0.164 e. The molecule has 1 fully saturated rings. The SMILES string of the molecule is Cc1cc2c(n1C(C)CN1CCCCC1)CCCC2=O. The van der Waals surface area contributed by atoms with Crippen LogP contribution in [-0.2, 0) is 6.42 Å². The first-order valence-electron chi connectivity index (χ1n) is 8.13. The van der Waals surface area contributed by atoms with E-state index in [9.17, 15) is 4.79 Å². The molecule has 3 nitrogen and oxygen atoms in total. The monoisotopic (exact) mass is 274 g/mol. The van der Waals surface area contributed by atoms with Crippen LogP contribution in [0.15, 0.2) is 6.07 Å². The second-order valence-corrected chi connectivity index (χ2v) is 6.50. The van der Waals surface area contributed by atoms with E-state index in [4.69, 9.17) is 0 Å². The lowest BCUT2D eigenvalue weighted by Gasteiger charge is -2.31. The van der Waals surface area contributed by atoms with Crippen molar-refractivity contribution >= 4 is 5.78 Å². The maximum atomic E-state index is 12.0. The van der Waals surface area contributed by atoms with Gasteiger partial charge in [-0.25, -0.2) is 0 Å². The van der Waals surface area contributed by atoms with Gasteiger partial charge in [-0.15, -0.1) is 0 Å². The summed E-state index contributed by atoms with van der Waals surface area (Å²) in [6.07, 6.45) is 6.89. The van der Waals surface area contributed by atoms with Gasteiger partial charge in [-0.3, -0.25) is 4.79 Å². The van der Waals surface area contributed by atoms with Gasteiger partial charge in [-0.05, 0) is 58.7 Å². The minimum atomic E-state index is 0.346. The molecule has 1 aromatic heterocycles. The molecular formula is C17H26N2O. The minimum absolute atomic E-state index is 0.346. The van der Waals surface area contributed by atoms with E-state index in [2.05, 4.69) is 29.4 Å². The van der Waals surface area contributed by atoms with Crippen LogP contribution in [0.1, 0.15) is 66.8 Å². The third-order valence-electron chi connectivity index (χ3n) is 4.86. The van der Waals surface area contributed by atoms with Crippen LogP contribution in [0, 0.1) is 6.92 Å². The Morgan fingerprint density at radius 3 is 2.65 bits per heavy atom. The van der Waals surface area contributed by atoms with Gasteiger partial charge in [0.25, 0.3) is 0 Å². The molecule has 0 radical (unpaired) electrons. The van der Waals surface area contributed by atoms with Crippen LogP contribution in [0.4, 0.5) is 0 Å². The number of carbonyl (C=O) groups excluding carboxylic acids is 1. The smallest absolute Gasteiger partial charge is 0.164 e. The van der Waals surface area contributed by atoms with E-state index in [1.807, 2.05) is 0 Å². The molecule has 1 aliphatic heterocycles. The van der Waals surface area contributed by atoms with Crippen LogP contribution in [0.5, 0.6) is 0 Å². The highest BCUT2D eigenvalue weighted by molar-refractivity contribution is 5.98. The predicted octanol–water partition coefficient (Wildman–Crippen LogP) is 3.36. The summed E-state index contributed by atoms with van der Waals surface area (Å²) in [6, 6.07) is 2.59. The van der Waals surface area contributed by atoms with E-state index in [1.165, 1.54) is 43.7 Å². The number of fused-ring (bicyclic) bond motifs is 1. The molecule has 110 valence electrons. The molecule has 0 N–H and O–H groups in total. The Morgan fingerprint density at radius 2 is 1.90 bits per heavy atom. The summed E-state index contributed by atoms with van der Waals surface area (Å²) in [5.41, 5.74) is 3.55. The number of nitrogens with zero attached hydrogens (tertiary/aromatic N) is 2. The third kappa shape index (κ3) is 2.56. The Balaban J connectivity index is 1.80. The molecule has 0 spiro atoms. The summed E-state index contributed by atoms with van der Waals surface area (Å²) in [5, 5.41) is 0. The molecule has 1 aliphatic carbocycles. The Morgan fingerprint density at radius 1 is 1.15 bits per heavy atom. The standard InChI is InChI=1S/C17H26N2O/c1-13-11-15-16(7-6-8-17(15)20)19(13)14(2)12-18-9-4-3-5-10-18/h11,14H,3-10,12H2,1-2H3. The van der Waals surface area contributed by atoms with Gasteiger partial charge in [0, 0.05) is 36.0 Å². The topological polar surface area (TPSA) is 25.2 Å². The summed E-state index contributed by atoms with van der Waals surface area (Å²) >= 11 is 0. The number of ketones is 1. The number of aryl methyl sites for hydroxylation is 1. The Bertz CT molecular complexity index is 497. The molecule has 2 heterocycles. The zero-order valence-corrected chi connectivity index (χ0v) is 12.8. The van der Waals surface area contributed by atoms with Gasteiger partial charge in [-0.1, -0.05) is 6.42 Å². The molecule has 0 aromatic carbocycles. The first-order chi connectivity index (χ1) is 9.66. The molecular weight excluding hydrogens is 248 g/mol. The summed E-state index contributed by atoms with van der Waals surface area (Å²) < 4.78 is 2.43. The van der Waals surface area contributed by atoms with E-state index in [0.717, 1.165) is 31.4 Å². The molecule has 1 unspecified atom stereocenters. The lowest BCUT2D eigenvalue weighted by molar-refractivity contribution is 0.0971. The second kappa shape index (κ2) is 5.72. The molecule has 0 saturated carbocycles. The van der Waals surface area contributed by atoms with Crippen LogP contribution in [0.2, 0.25) is 0 Å². The highest BCUT2D eigenvalue weighted by atomic mass is 16.1. The van der Waals surface area contributed by atoms with Crippen molar-refractivity contribution in [2.24, 2.45) is 0 Å². The first kappa shape index (κ1) is 13.9. The van der Waals surface area contributed by atoms with Gasteiger partial charge in [0.2, 0.25) is 0 Å². The number of Topliss-reactive ketones (excluding diaryl/α,β-unsaturated/α-hetero) is 1. The number of likely N-dealkylation sites (tertiary alicyclic amines) is 1. The molecule has 2 aliphatic rings. The normalized spacial score (nSPS) is 21.8. The Labute approximate surface area is 122 Å². The van der Waals surface area contributed by atoms with Crippen molar-refractivity contribution in [2.75, 3.05) is 19.6 Å². The molecule has 3 heteroatoms. The zero-order chi connectivity index (χ0) is 14.1. The molecule has 3 rings (SSSR count). The fourth-order valence-electron chi connectivity index (χ4n) is 3.96. The molecule has 1 atom stereocenters. The predicted molar refractivity (Wildman–Crippen MR) is 81.4 cm³/mol. The van der Waals surface area contributed by atoms with Gasteiger partial charge < -0.3 is 9.47 Å². The van der Waals surface area contributed by atoms with Crippen LogP contribution < -0.4 is 0 Å². The van der Waals surface area contributed by atoms with Gasteiger partial charge in [0.15, 0.2) is 5.78 Å². The molecule has 0 bridgehead atoms. The van der Waals surface area contributed by atoms with Gasteiger partial charge in [0.1, 0.15) is 0 Å². The highest BCUT2D eigenvalue weighted by Crippen LogP contribution is 2.28. The summed E-state index contributed by atoms with van der Waals surface area (Å²) in [7, 11) is 0. The molecule has 1 aromatic rings. The first-order valence-corrected chi connectivity index (χ1v) is 8.13. The third-order valence-corrected chi connectivity index (χ3v) is 4.86. The largest absolute Gasteiger partial charge is 0.344 e. The number of aromatic nitrogens is 1. The van der Waals surface area contributed by atoms with Crippen LogP contribution in [0.25, 0.3) is 0 Å². The summed E-state index contributed by atoms with van der Waals surface area (Å²) in [6.45, 7) is 8.06. The van der Waals surface area contributed by atoms with Crippen molar-refractivity contribution in [2.45, 2.75) is 58.4 Å². The Kier molecular flexibility index (Phi) is 3.97. The number of hydrogen-bond acceptors (Lipinski definition) is 2. The highest BCUT2D eigenvalue weighted by Gasteiger charge is 2.25. The molecule has 1 saturated heterocycles. The summed E-state index contributed by atoms with van der Waals surface area (Å²) in [5.74, 6) is 0.346. The average Bonchev–Trinajstić information content (AvgIpc) is 2.78. The lowest BCUT2D eigenvalue weighted by Crippen LogP contribution is -2.35. The van der Waals surface area contributed by atoms with Gasteiger partial charge >= 0.3 is 0 Å². The lowest BCUT2D eigenvalue weighted by atomic mass is 9.96. The number of piperidine rings is 1. The van der Waals surface area contributed by atoms with Crippen LogP contribution in [0.3, 0.4) is 0 Å². The molecule has 20 heavy (non-hydrogen) atoms. The number of rotatable bonds is 3. The number of carbonyl (C=O) groups is 1.